The van der Waals surface area contributed by atoms with E-state index in [0.29, 0.717) is 22.2 Å². The molecule has 4 rings (SSSR count). The molecule has 0 N–H and O–H groups in total. The van der Waals surface area contributed by atoms with Crippen molar-refractivity contribution >= 4 is 46.4 Å². The second kappa shape index (κ2) is 7.67. The normalized spacial score (nSPS) is 13.0. The highest BCUT2D eigenvalue weighted by Gasteiger charge is 2.36. The van der Waals surface area contributed by atoms with E-state index in [1.54, 1.807) is 25.7 Å². The number of rotatable bonds is 5. The highest BCUT2D eigenvalue weighted by molar-refractivity contribution is 7.13. The van der Waals surface area contributed by atoms with E-state index in [0.717, 1.165) is 10.5 Å². The van der Waals surface area contributed by atoms with Gasteiger partial charge in [0, 0.05) is 5.38 Å². The van der Waals surface area contributed by atoms with Gasteiger partial charge in [0.15, 0.2) is 11.5 Å². The number of carbonyl (C=O) groups excluding carboxylic acids is 2. The minimum atomic E-state index is -0.419. The molecule has 2 aromatic carbocycles. The van der Waals surface area contributed by atoms with Gasteiger partial charge in [-0.2, -0.15) is 0 Å². The SMILES string of the molecule is COc1cccc(-c2nc(CN3C(=O)c4cc(Cl)c(Cl)cc4C3=O)cs2)c1OC. The van der Waals surface area contributed by atoms with Crippen LogP contribution in [0, 0.1) is 0 Å². The number of carbonyl (C=O) groups is 2. The zero-order valence-electron chi connectivity index (χ0n) is 15.4. The van der Waals surface area contributed by atoms with Crippen molar-refractivity contribution < 1.29 is 19.1 Å². The van der Waals surface area contributed by atoms with Crippen molar-refractivity contribution in [3.8, 4) is 22.1 Å². The molecular weight excluding hydrogens is 435 g/mol. The molecule has 1 aliphatic rings. The average molecular weight is 449 g/mol. The van der Waals surface area contributed by atoms with Gasteiger partial charge in [0.25, 0.3) is 11.8 Å². The Morgan fingerprint density at radius 3 is 2.24 bits per heavy atom. The largest absolute Gasteiger partial charge is 0.493 e. The van der Waals surface area contributed by atoms with Crippen LogP contribution in [0.5, 0.6) is 11.5 Å². The summed E-state index contributed by atoms with van der Waals surface area (Å²) < 4.78 is 10.8. The first-order valence-electron chi connectivity index (χ1n) is 8.45. The van der Waals surface area contributed by atoms with Crippen molar-refractivity contribution in [1.82, 2.24) is 9.88 Å². The second-order valence-electron chi connectivity index (χ2n) is 6.19. The van der Waals surface area contributed by atoms with Gasteiger partial charge in [-0.1, -0.05) is 29.3 Å². The Labute approximate surface area is 180 Å². The quantitative estimate of drug-likeness (QED) is 0.517. The van der Waals surface area contributed by atoms with Gasteiger partial charge in [0.2, 0.25) is 0 Å². The third-order valence-corrected chi connectivity index (χ3v) is 6.16. The van der Waals surface area contributed by atoms with Crippen LogP contribution in [-0.2, 0) is 6.54 Å². The first kappa shape index (κ1) is 19.7. The fourth-order valence-corrected chi connectivity index (χ4v) is 4.31. The zero-order valence-corrected chi connectivity index (χ0v) is 17.7. The monoisotopic (exact) mass is 448 g/mol. The summed E-state index contributed by atoms with van der Waals surface area (Å²) in [5.41, 5.74) is 1.84. The lowest BCUT2D eigenvalue weighted by Gasteiger charge is -2.12. The minimum absolute atomic E-state index is 0.0460. The topological polar surface area (TPSA) is 68.7 Å². The van der Waals surface area contributed by atoms with Crippen molar-refractivity contribution in [3.63, 3.8) is 0 Å². The molecule has 0 atom stereocenters. The Morgan fingerprint density at radius 1 is 1.00 bits per heavy atom. The van der Waals surface area contributed by atoms with Crippen LogP contribution in [0.15, 0.2) is 35.7 Å². The standard InChI is InChI=1S/C20H14Cl2N2O4S/c1-27-16-5-3-4-11(17(16)28-2)18-23-10(9-29-18)8-24-19(25)12-6-14(21)15(22)7-13(12)20(24)26/h3-7,9H,8H2,1-2H3. The molecule has 3 aromatic rings. The van der Waals surface area contributed by atoms with Crippen LogP contribution in [0.25, 0.3) is 10.6 Å². The van der Waals surface area contributed by atoms with Gasteiger partial charge in [0.05, 0.1) is 53.2 Å². The fraction of sp³-hybridized carbons (Fsp3) is 0.150. The smallest absolute Gasteiger partial charge is 0.261 e. The number of ether oxygens (including phenoxy) is 2. The molecule has 9 heteroatoms. The maximum Gasteiger partial charge on any atom is 0.261 e. The van der Waals surface area contributed by atoms with Gasteiger partial charge in [0.1, 0.15) is 5.01 Å². The first-order valence-corrected chi connectivity index (χ1v) is 10.1. The summed E-state index contributed by atoms with van der Waals surface area (Å²) in [6.45, 7) is 0.0460. The van der Waals surface area contributed by atoms with E-state index >= 15 is 0 Å². The number of nitrogens with zero attached hydrogens (tertiary/aromatic N) is 2. The zero-order chi connectivity index (χ0) is 20.7. The molecule has 2 heterocycles. The third-order valence-electron chi connectivity index (χ3n) is 4.52. The van der Waals surface area contributed by atoms with Gasteiger partial charge >= 0.3 is 0 Å². The summed E-state index contributed by atoms with van der Waals surface area (Å²) in [4.78, 5) is 31.1. The maximum atomic E-state index is 12.7. The molecule has 0 fully saturated rings. The predicted octanol–water partition coefficient (Wildman–Crippen LogP) is 4.93. The number of benzene rings is 2. The summed E-state index contributed by atoms with van der Waals surface area (Å²) in [6.07, 6.45) is 0. The highest BCUT2D eigenvalue weighted by Crippen LogP contribution is 2.39. The molecule has 0 unspecified atom stereocenters. The Kier molecular flexibility index (Phi) is 5.21. The molecule has 6 nitrogen and oxygen atoms in total. The molecule has 0 spiro atoms. The first-order chi connectivity index (χ1) is 13.9. The van der Waals surface area contributed by atoms with E-state index in [4.69, 9.17) is 32.7 Å². The lowest BCUT2D eigenvalue weighted by atomic mass is 10.1. The number of para-hydroxylation sites is 1. The highest BCUT2D eigenvalue weighted by atomic mass is 35.5. The Bertz CT molecular complexity index is 1100. The van der Waals surface area contributed by atoms with E-state index < -0.39 is 11.8 Å². The molecule has 1 aliphatic heterocycles. The number of aromatic nitrogens is 1. The van der Waals surface area contributed by atoms with E-state index in [1.807, 2.05) is 12.1 Å². The molecule has 29 heavy (non-hydrogen) atoms. The number of thiazole rings is 1. The summed E-state index contributed by atoms with van der Waals surface area (Å²) in [5.74, 6) is 0.325. The number of hydrogen-bond donors (Lipinski definition) is 0. The number of methoxy groups -OCH3 is 2. The van der Waals surface area contributed by atoms with Gasteiger partial charge in [-0.05, 0) is 24.3 Å². The van der Waals surface area contributed by atoms with Crippen molar-refractivity contribution in [3.05, 3.63) is 62.6 Å². The van der Waals surface area contributed by atoms with Gasteiger partial charge < -0.3 is 9.47 Å². The third kappa shape index (κ3) is 3.35. The van der Waals surface area contributed by atoms with Gasteiger partial charge in [-0.25, -0.2) is 4.98 Å². The van der Waals surface area contributed by atoms with Crippen molar-refractivity contribution in [2.75, 3.05) is 14.2 Å². The van der Waals surface area contributed by atoms with Crippen LogP contribution < -0.4 is 9.47 Å². The molecule has 0 bridgehead atoms. The van der Waals surface area contributed by atoms with Crippen LogP contribution in [0.3, 0.4) is 0 Å². The number of fused-ring (bicyclic) bond motifs is 1. The van der Waals surface area contributed by atoms with Crippen LogP contribution in [-0.4, -0.2) is 35.9 Å². The van der Waals surface area contributed by atoms with E-state index in [1.165, 1.54) is 23.5 Å². The minimum Gasteiger partial charge on any atom is -0.493 e. The van der Waals surface area contributed by atoms with Crippen molar-refractivity contribution in [2.45, 2.75) is 6.54 Å². The fourth-order valence-electron chi connectivity index (χ4n) is 3.15. The van der Waals surface area contributed by atoms with Crippen LogP contribution in [0.4, 0.5) is 0 Å². The molecule has 1 aromatic heterocycles. The van der Waals surface area contributed by atoms with E-state index in [9.17, 15) is 9.59 Å². The lowest BCUT2D eigenvalue weighted by molar-refractivity contribution is 0.0640. The molecule has 148 valence electrons. The Balaban J connectivity index is 1.63. The Morgan fingerprint density at radius 2 is 1.66 bits per heavy atom. The Hall–Kier alpha value is -2.61. The summed E-state index contributed by atoms with van der Waals surface area (Å²) in [7, 11) is 3.13. The summed E-state index contributed by atoms with van der Waals surface area (Å²) in [5, 5.41) is 2.96. The number of halogens is 2. The number of hydrogen-bond acceptors (Lipinski definition) is 6. The van der Waals surface area contributed by atoms with Crippen molar-refractivity contribution in [2.24, 2.45) is 0 Å². The predicted molar refractivity (Wildman–Crippen MR) is 111 cm³/mol. The molecule has 0 aliphatic carbocycles. The second-order valence-corrected chi connectivity index (χ2v) is 7.87. The molecule has 0 saturated carbocycles. The van der Waals surface area contributed by atoms with Crippen LogP contribution >= 0.6 is 34.5 Å². The molecule has 2 amide bonds. The number of amides is 2. The molecule has 0 saturated heterocycles. The van der Waals surface area contributed by atoms with Crippen molar-refractivity contribution in [1.29, 1.82) is 0 Å². The van der Waals surface area contributed by atoms with Gasteiger partial charge in [-0.3, -0.25) is 14.5 Å². The van der Waals surface area contributed by atoms with Crippen LogP contribution in [0.1, 0.15) is 26.4 Å². The molecular formula is C20H14Cl2N2O4S. The van der Waals surface area contributed by atoms with E-state index in [2.05, 4.69) is 4.98 Å². The summed E-state index contributed by atoms with van der Waals surface area (Å²) >= 11 is 13.4. The molecule has 0 radical (unpaired) electrons. The summed E-state index contributed by atoms with van der Waals surface area (Å²) in [6, 6.07) is 8.36. The van der Waals surface area contributed by atoms with Crippen LogP contribution in [0.2, 0.25) is 10.0 Å². The lowest BCUT2D eigenvalue weighted by Crippen LogP contribution is -2.29. The average Bonchev–Trinajstić information content (AvgIpc) is 3.27. The maximum absolute atomic E-state index is 12.7. The van der Waals surface area contributed by atoms with Gasteiger partial charge in [-0.15, -0.1) is 11.3 Å². The van der Waals surface area contributed by atoms with E-state index in [-0.39, 0.29) is 27.7 Å². The number of imide groups is 1.